The van der Waals surface area contributed by atoms with E-state index >= 15 is 0 Å². The zero-order chi connectivity index (χ0) is 24.1. The number of phenols is 1. The van der Waals surface area contributed by atoms with E-state index in [4.69, 9.17) is 22.1 Å². The molecule has 33 radical (unpaired) electrons. The molecule has 0 aliphatic heterocycles. The number of ether oxygens (including phenoxy) is 2. The van der Waals surface area contributed by atoms with Gasteiger partial charge in [-0.25, -0.2) is 0 Å². The standard InChI is InChI=1S/C9H8OS2.C8H5F3O.C7H6O.33Y/c1-7-3-5-8(6-4-7)10-9(11)12-2;1-6-2-4-7(5-3-6)12-8(9,10)11;1-6-2-4-7(8)5-3-6;;;;;;;;;;;;;;;;;;;;;;;;;;;;;;;;;/h3-4H,1-2H3;2-3H,1H3;2-3,8H,1H3;;;;;;;;;;;;;;;;;;;;;;;;;;;;;;;;;/q3*-2;;;;;;;;;;;;;;;;;;;;;;;;;;;;;;;;;. The molecule has 0 aromatic heterocycles. The smallest absolute Gasteiger partial charge is 0.559 e. The van der Waals surface area contributed by atoms with E-state index in [0.29, 0.717) is 10.1 Å². The van der Waals surface area contributed by atoms with Crippen LogP contribution in [0, 0.1) is 57.2 Å². The van der Waals surface area contributed by atoms with Gasteiger partial charge in [-0.1, -0.05) is 11.8 Å². The number of phenolic OH excluding ortho intramolecular Hbond substituents is 1. The number of aromatic hydroxyl groups is 1. The molecule has 3 aromatic rings. The summed E-state index contributed by atoms with van der Waals surface area (Å²) in [6, 6.07) is 25.5. The third-order valence-electron chi connectivity index (χ3n) is 3.17. The SMILES string of the molecule is CSC(=S)Oc1[c-]cc(C)c[c-]1.Cc1c[c-]c(O)[c-]c1.Cc1c[c-]c(OC(F)(F)F)[c-]c1.[Y].[Y].[Y].[Y].[Y].[Y].[Y].[Y].[Y].[Y].[Y].[Y].[Y].[Y].[Y].[Y].[Y].[Y].[Y].[Y].[Y].[Y].[Y].[Y].[Y].[Y].[Y].[Y].[Y].[Y].[Y].[Y].[Y]. The van der Waals surface area contributed by atoms with E-state index in [9.17, 15) is 13.2 Å². The van der Waals surface area contributed by atoms with Crippen LogP contribution in [-0.2, 0) is 1080 Å². The minimum atomic E-state index is -4.66. The number of alkyl halides is 3. The largest absolute Gasteiger partial charge is 0.569 e. The quantitative estimate of drug-likeness (QED) is 0.240. The molecule has 0 bridgehead atoms. The van der Waals surface area contributed by atoms with E-state index < -0.39 is 12.1 Å². The van der Waals surface area contributed by atoms with Gasteiger partial charge in [-0.3, -0.25) is 53.1 Å². The molecule has 0 unspecified atom stereocenters. The maximum absolute atomic E-state index is 11.6. The summed E-state index contributed by atoms with van der Waals surface area (Å²) in [6.07, 6.45) is -2.79. The van der Waals surface area contributed by atoms with Crippen LogP contribution in [0.4, 0.5) is 13.2 Å². The summed E-state index contributed by atoms with van der Waals surface area (Å²) < 4.78 is 44.0. The van der Waals surface area contributed by atoms with Crippen molar-refractivity contribution in [2.45, 2.75) is 27.1 Å². The van der Waals surface area contributed by atoms with Crippen LogP contribution in [0.15, 0.2) is 36.4 Å². The van der Waals surface area contributed by atoms with Crippen LogP contribution in [0.1, 0.15) is 16.7 Å². The summed E-state index contributed by atoms with van der Waals surface area (Å²) in [5.41, 5.74) is 2.95. The van der Waals surface area contributed by atoms with Crippen molar-refractivity contribution in [2.75, 3.05) is 6.26 Å². The molecule has 0 atom stereocenters. The molecular weight excluding hydrogens is 3390 g/mol. The first-order valence-corrected chi connectivity index (χ1v) is 10.5. The van der Waals surface area contributed by atoms with Gasteiger partial charge >= 0.3 is 6.36 Å². The Labute approximate surface area is 1230 Å². The molecule has 41 heteroatoms. The zero-order valence-corrected chi connectivity index (χ0v) is 132. The van der Waals surface area contributed by atoms with Crippen molar-refractivity contribution in [3.05, 3.63) is 89.5 Å². The predicted octanol–water partition coefficient (Wildman–Crippen LogP) is 6.33. The first-order valence-electron chi connectivity index (χ1n) is 8.89. The fourth-order valence-electron chi connectivity index (χ4n) is 1.69. The summed E-state index contributed by atoms with van der Waals surface area (Å²) >= 11 is 6.26. The molecule has 0 amide bonds. The van der Waals surface area contributed by atoms with Crippen molar-refractivity contribution in [1.82, 2.24) is 0 Å². The monoisotopic (exact) mass is 3410 g/mol. The molecule has 0 heterocycles. The minimum absolute atomic E-state index is 0. The van der Waals surface area contributed by atoms with Gasteiger partial charge in [0.15, 0.2) is 0 Å². The molecule has 0 fully saturated rings. The van der Waals surface area contributed by atoms with Crippen LogP contribution in [0.5, 0.6) is 17.2 Å². The van der Waals surface area contributed by atoms with E-state index in [2.05, 4.69) is 41.1 Å². The molecule has 0 saturated carbocycles. The fourth-order valence-corrected chi connectivity index (χ4v) is 1.94. The second-order valence-electron chi connectivity index (χ2n) is 6.07. The number of hydrogen-bond donors (Lipinski definition) is 1. The number of benzene rings is 3. The second-order valence-corrected chi connectivity index (χ2v) is 7.48. The average Bonchev–Trinajstić information content (AvgIpc) is 2.73. The molecule has 3 nitrogen and oxygen atoms in total. The third-order valence-corrected chi connectivity index (χ3v) is 4.17. The molecule has 271 valence electrons. The normalized spacial score (nSPS) is 4.97. The summed E-state index contributed by atoms with van der Waals surface area (Å²) in [5.74, 6) is 0.198. The van der Waals surface area contributed by atoms with Crippen molar-refractivity contribution in [3.8, 4) is 17.2 Å². The van der Waals surface area contributed by atoms with Gasteiger partial charge in [0, 0.05) is 1080 Å². The van der Waals surface area contributed by atoms with Gasteiger partial charge in [0.1, 0.15) is 0 Å². The zero-order valence-electron chi connectivity index (χ0n) is 36.7. The number of halogens is 3. The Morgan fingerprint density at radius 1 is 0.415 bits per heavy atom. The van der Waals surface area contributed by atoms with Crippen LogP contribution in [0.2, 0.25) is 0 Å². The number of thiocarbonyl (C=S) groups is 1. The Morgan fingerprint density at radius 2 is 0.600 bits per heavy atom. The van der Waals surface area contributed by atoms with Gasteiger partial charge < -0.3 is 51.0 Å². The maximum atomic E-state index is 11.6. The molecule has 0 aliphatic rings. The van der Waals surface area contributed by atoms with E-state index in [1.54, 1.807) is 19.1 Å². The Bertz CT molecular complexity index is 984. The van der Waals surface area contributed by atoms with Gasteiger partial charge in [-0.2, -0.15) is 0 Å². The maximum Gasteiger partial charge on any atom is 0.569 e. The number of hydrogen-bond acceptors (Lipinski definition) is 5. The minimum Gasteiger partial charge on any atom is -0.559 e. The number of rotatable bonds is 2. The molecule has 3 rings (SSSR count). The van der Waals surface area contributed by atoms with Gasteiger partial charge in [-0.15, -0.1) is 51.2 Å². The van der Waals surface area contributed by atoms with E-state index in [-0.39, 0.29) is 1090 Å². The first kappa shape index (κ1) is 218. The molecule has 3 aromatic carbocycles. The molecule has 1 N–H and O–H groups in total. The van der Waals surface area contributed by atoms with E-state index in [0.717, 1.165) is 16.7 Å². The van der Waals surface area contributed by atoms with Crippen molar-refractivity contribution < 1.29 is 1110 Å². The molecule has 0 aliphatic carbocycles. The van der Waals surface area contributed by atoms with Crippen molar-refractivity contribution in [3.63, 3.8) is 0 Å². The topological polar surface area (TPSA) is 38.7 Å². The van der Waals surface area contributed by atoms with Crippen molar-refractivity contribution >= 4 is 28.4 Å². The molecular formula is C24H19F3O3S2Y33-6. The number of thioether (sulfide) groups is 1. The summed E-state index contributed by atoms with van der Waals surface area (Å²) in [6.45, 7) is 5.63. The first-order chi connectivity index (χ1) is 15.0. The fraction of sp³-hybridized carbons (Fsp3) is 0.208. The van der Waals surface area contributed by atoms with E-state index in [1.165, 1.54) is 23.9 Å². The van der Waals surface area contributed by atoms with Crippen molar-refractivity contribution in [1.29, 1.82) is 0 Å². The van der Waals surface area contributed by atoms with Gasteiger partial charge in [0.25, 0.3) is 0 Å². The van der Waals surface area contributed by atoms with Crippen LogP contribution < -0.4 is 9.47 Å². The summed E-state index contributed by atoms with van der Waals surface area (Å²) in [4.78, 5) is 0. The summed E-state index contributed by atoms with van der Waals surface area (Å²) in [5, 5.41) is 8.65. The Hall–Kier alpha value is 33.7. The molecule has 65 heavy (non-hydrogen) atoms. The third kappa shape index (κ3) is 160. The van der Waals surface area contributed by atoms with Gasteiger partial charge in [-0.05, 0) is 18.5 Å². The molecule has 0 spiro atoms. The Balaban J connectivity index is -0.00000000612. The van der Waals surface area contributed by atoms with E-state index in [1.807, 2.05) is 32.2 Å². The number of aryl methyl sites for hydroxylation is 3. The average molecular weight is 3410 g/mol. The summed E-state index contributed by atoms with van der Waals surface area (Å²) in [7, 11) is 0. The second kappa shape index (κ2) is 159. The van der Waals surface area contributed by atoms with Crippen LogP contribution >= 0.6 is 24.0 Å². The van der Waals surface area contributed by atoms with Crippen LogP contribution in [-0.4, -0.2) is 22.1 Å². The van der Waals surface area contributed by atoms with Crippen molar-refractivity contribution in [2.24, 2.45) is 0 Å². The Kier molecular flexibility index (Phi) is 535. The van der Waals surface area contributed by atoms with Crippen LogP contribution in [0.25, 0.3) is 0 Å². The van der Waals surface area contributed by atoms with Gasteiger partial charge in [0.05, 0.1) is 0 Å². The predicted molar refractivity (Wildman–Crippen MR) is 122 cm³/mol. The van der Waals surface area contributed by atoms with Crippen LogP contribution in [0.3, 0.4) is 0 Å². The molecule has 0 saturated heterocycles. The van der Waals surface area contributed by atoms with Gasteiger partial charge in [0.2, 0.25) is 4.38 Å². The Morgan fingerprint density at radius 3 is 0.769 bits per heavy atom.